The van der Waals surface area contributed by atoms with Gasteiger partial charge in [0, 0.05) is 66.6 Å². The zero-order chi connectivity index (χ0) is 45.3. The number of nitrogens with zero attached hydrogens (tertiary/aromatic N) is 2. The van der Waals surface area contributed by atoms with Gasteiger partial charge in [0.05, 0.1) is 5.69 Å². The molecule has 3 aliphatic carbocycles. The molecule has 0 radical (unpaired) electrons. The Morgan fingerprint density at radius 3 is 1.69 bits per heavy atom. The molecule has 0 atom stereocenters. The van der Waals surface area contributed by atoms with E-state index in [1.807, 2.05) is 12.3 Å². The second kappa shape index (κ2) is 13.0. The molecule has 0 amide bonds. The quantitative estimate of drug-likeness (QED) is 0.177. The predicted octanol–water partition coefficient (Wildman–Crippen LogP) is 17.2. The summed E-state index contributed by atoms with van der Waals surface area (Å²) in [6, 6.07) is 58.2. The second-order valence-corrected chi connectivity index (χ2v) is 20.8. The zero-order valence-corrected chi connectivity index (χ0v) is 38.8. The lowest BCUT2D eigenvalue weighted by Crippen LogP contribution is -2.18. The molecule has 0 fully saturated rings. The first-order valence-corrected chi connectivity index (χ1v) is 23.6. The van der Waals surface area contributed by atoms with Crippen molar-refractivity contribution in [1.29, 1.82) is 0 Å². The van der Waals surface area contributed by atoms with E-state index in [0.717, 1.165) is 61.4 Å². The summed E-state index contributed by atoms with van der Waals surface area (Å²) in [7, 11) is 0. The van der Waals surface area contributed by atoms with Crippen molar-refractivity contribution in [3.05, 3.63) is 203 Å². The van der Waals surface area contributed by atoms with E-state index in [-0.39, 0.29) is 16.2 Å². The lowest BCUT2D eigenvalue weighted by atomic mass is 9.79. The lowest BCUT2D eigenvalue weighted by molar-refractivity contribution is 0.651. The fraction of sp³-hybridized carbons (Fsp3) is 0.159. The SMILES string of the molecule is Cc1ccc(N(c2ccc3c(c2)C(C)(C)c2cc4c(cc2-3)C(C)(C)c2ccc3oc5ccccc5c3c2-4)c2ccc3c(c2)C(C)(C)c2cc(-c4ccccn4)c4oc5ccccc5c4c2-3)cc1. The highest BCUT2D eigenvalue weighted by Gasteiger charge is 2.44. The molecule has 0 saturated heterocycles. The number of furan rings is 2. The van der Waals surface area contributed by atoms with E-state index in [9.17, 15) is 0 Å². The lowest BCUT2D eigenvalue weighted by Gasteiger charge is -2.30. The van der Waals surface area contributed by atoms with Gasteiger partial charge in [-0.2, -0.15) is 0 Å². The van der Waals surface area contributed by atoms with Crippen molar-refractivity contribution in [2.75, 3.05) is 4.90 Å². The van der Waals surface area contributed by atoms with Gasteiger partial charge in [-0.15, -0.1) is 0 Å². The number of benzene rings is 8. The van der Waals surface area contributed by atoms with E-state index in [4.69, 9.17) is 13.8 Å². The van der Waals surface area contributed by atoms with Crippen LogP contribution in [0.3, 0.4) is 0 Å². The third kappa shape index (κ3) is 5.05. The van der Waals surface area contributed by atoms with Crippen molar-refractivity contribution < 1.29 is 8.83 Å². The van der Waals surface area contributed by atoms with Crippen LogP contribution in [-0.4, -0.2) is 4.98 Å². The molecule has 3 heterocycles. The van der Waals surface area contributed by atoms with Gasteiger partial charge in [0.15, 0.2) is 0 Å². The highest BCUT2D eigenvalue weighted by Crippen LogP contribution is 2.60. The van der Waals surface area contributed by atoms with Gasteiger partial charge in [0.2, 0.25) is 0 Å². The van der Waals surface area contributed by atoms with E-state index in [0.29, 0.717) is 0 Å². The van der Waals surface area contributed by atoms with Crippen molar-refractivity contribution in [2.24, 2.45) is 0 Å². The van der Waals surface area contributed by atoms with Crippen LogP contribution in [0.25, 0.3) is 88.5 Å². The number of aromatic nitrogens is 1. The normalized spacial score (nSPS) is 15.4. The summed E-state index contributed by atoms with van der Waals surface area (Å²) in [5.41, 5.74) is 25.3. The largest absolute Gasteiger partial charge is 0.456 e. The molecule has 0 N–H and O–H groups in total. The summed E-state index contributed by atoms with van der Waals surface area (Å²) >= 11 is 0. The molecule has 0 spiro atoms. The maximum absolute atomic E-state index is 6.74. The van der Waals surface area contributed by atoms with Crippen LogP contribution >= 0.6 is 0 Å². The summed E-state index contributed by atoms with van der Waals surface area (Å²) in [6.45, 7) is 16.5. The van der Waals surface area contributed by atoms with E-state index in [1.165, 1.54) is 83.1 Å². The molecule has 322 valence electrons. The van der Waals surface area contributed by atoms with E-state index < -0.39 is 0 Å². The minimum absolute atomic E-state index is 0.168. The molecule has 0 unspecified atom stereocenters. The van der Waals surface area contributed by atoms with Gasteiger partial charge in [0.1, 0.15) is 22.3 Å². The minimum atomic E-state index is -0.307. The van der Waals surface area contributed by atoms with Gasteiger partial charge in [-0.25, -0.2) is 0 Å². The van der Waals surface area contributed by atoms with Gasteiger partial charge in [-0.1, -0.05) is 120 Å². The summed E-state index contributed by atoms with van der Waals surface area (Å²) in [5, 5.41) is 4.69. The topological polar surface area (TPSA) is 42.4 Å². The third-order valence-electron chi connectivity index (χ3n) is 16.0. The molecule has 8 aromatic carbocycles. The number of hydrogen-bond acceptors (Lipinski definition) is 4. The summed E-state index contributed by atoms with van der Waals surface area (Å²) in [5.74, 6) is 0. The van der Waals surface area contributed by atoms with E-state index in [1.54, 1.807) is 0 Å². The van der Waals surface area contributed by atoms with Crippen LogP contribution in [0, 0.1) is 6.92 Å². The smallest absolute Gasteiger partial charge is 0.145 e. The maximum Gasteiger partial charge on any atom is 0.145 e. The third-order valence-corrected chi connectivity index (χ3v) is 16.0. The number of pyridine rings is 1. The molecule has 3 aromatic heterocycles. The molecular weight excluding hydrogens is 817 g/mol. The average molecular weight is 865 g/mol. The Labute approximate surface area is 390 Å². The Morgan fingerprint density at radius 2 is 0.955 bits per heavy atom. The summed E-state index contributed by atoms with van der Waals surface area (Å²) in [6.07, 6.45) is 1.87. The van der Waals surface area contributed by atoms with E-state index >= 15 is 0 Å². The Morgan fingerprint density at radius 1 is 0.403 bits per heavy atom. The van der Waals surface area contributed by atoms with E-state index in [2.05, 4.69) is 205 Å². The summed E-state index contributed by atoms with van der Waals surface area (Å²) in [4.78, 5) is 7.29. The molecular formula is C63H48N2O2. The van der Waals surface area contributed by atoms with Crippen LogP contribution in [0.5, 0.6) is 0 Å². The van der Waals surface area contributed by atoms with Crippen molar-refractivity contribution in [3.8, 4) is 44.6 Å². The van der Waals surface area contributed by atoms with Gasteiger partial charge in [0.25, 0.3) is 0 Å². The fourth-order valence-electron chi connectivity index (χ4n) is 12.5. The van der Waals surface area contributed by atoms with Crippen molar-refractivity contribution in [3.63, 3.8) is 0 Å². The van der Waals surface area contributed by atoms with Crippen molar-refractivity contribution in [1.82, 2.24) is 4.98 Å². The molecule has 67 heavy (non-hydrogen) atoms. The Bertz CT molecular complexity index is 3960. The standard InChI is InChI=1S/C63H48N2O2/c1-35-19-21-36(22-20-35)65(38-24-26-40-48(31-38)63(6,7)51-34-45(52-16-12-13-29-64-52)60-59(56(40)51)42-15-9-11-18-54(42)67-60)37-23-25-39-43-32-50-44(33-49(43)62(4,5)47(39)30-37)57-46(61(50,2)3)27-28-55-58(57)41-14-8-10-17-53(41)66-55/h8-34H,1-7H3. The van der Waals surface area contributed by atoms with Crippen LogP contribution in [0.4, 0.5) is 17.1 Å². The number of hydrogen-bond donors (Lipinski definition) is 0. The first-order valence-electron chi connectivity index (χ1n) is 23.6. The van der Waals surface area contributed by atoms with Crippen LogP contribution in [0.15, 0.2) is 173 Å². The Balaban J connectivity index is 0.931. The van der Waals surface area contributed by atoms with Crippen molar-refractivity contribution in [2.45, 2.75) is 64.7 Å². The molecule has 0 aliphatic heterocycles. The number of rotatable bonds is 4. The molecule has 14 rings (SSSR count). The Hall–Kier alpha value is -7.69. The van der Waals surface area contributed by atoms with Crippen LogP contribution in [0.1, 0.15) is 80.5 Å². The zero-order valence-electron chi connectivity index (χ0n) is 38.8. The molecule has 0 bridgehead atoms. The maximum atomic E-state index is 6.74. The number of para-hydroxylation sites is 2. The highest BCUT2D eigenvalue weighted by atomic mass is 16.3. The fourth-order valence-corrected chi connectivity index (χ4v) is 12.5. The Kier molecular flexibility index (Phi) is 7.49. The van der Waals surface area contributed by atoms with Crippen LogP contribution in [0.2, 0.25) is 0 Å². The molecule has 3 aliphatic rings. The monoisotopic (exact) mass is 864 g/mol. The number of aryl methyl sites for hydroxylation is 1. The predicted molar refractivity (Wildman–Crippen MR) is 276 cm³/mol. The molecule has 4 nitrogen and oxygen atoms in total. The number of anilines is 3. The average Bonchev–Trinajstić information content (AvgIpc) is 4.08. The van der Waals surface area contributed by atoms with Gasteiger partial charge >= 0.3 is 0 Å². The van der Waals surface area contributed by atoms with Gasteiger partial charge in [-0.05, 0) is 159 Å². The second-order valence-electron chi connectivity index (χ2n) is 20.8. The summed E-state index contributed by atoms with van der Waals surface area (Å²) < 4.78 is 13.2. The van der Waals surface area contributed by atoms with Crippen molar-refractivity contribution >= 4 is 60.9 Å². The molecule has 0 saturated carbocycles. The number of fused-ring (bicyclic) bond motifs is 17. The first-order chi connectivity index (χ1) is 32.4. The minimum Gasteiger partial charge on any atom is -0.456 e. The van der Waals surface area contributed by atoms with Crippen LogP contribution < -0.4 is 4.90 Å². The van der Waals surface area contributed by atoms with Gasteiger partial charge < -0.3 is 13.7 Å². The van der Waals surface area contributed by atoms with Crippen LogP contribution in [-0.2, 0) is 16.2 Å². The van der Waals surface area contributed by atoms with Gasteiger partial charge in [-0.3, -0.25) is 4.98 Å². The molecule has 11 aromatic rings. The highest BCUT2D eigenvalue weighted by molar-refractivity contribution is 6.19. The first kappa shape index (κ1) is 38.6. The molecule has 4 heteroatoms.